The fraction of sp³-hybridized carbons (Fsp3) is 0.308. The Morgan fingerprint density at radius 1 is 1.44 bits per heavy atom. The van der Waals surface area contributed by atoms with Crippen LogP contribution in [-0.4, -0.2) is 16.0 Å². The summed E-state index contributed by atoms with van der Waals surface area (Å²) in [5, 5.41) is 0. The summed E-state index contributed by atoms with van der Waals surface area (Å²) in [6, 6.07) is 9.86. The maximum Gasteiger partial charge on any atom is 0.334 e. The highest BCUT2D eigenvalue weighted by molar-refractivity contribution is 14.1. The monoisotopic (exact) mass is 328 g/mol. The van der Waals surface area contributed by atoms with Gasteiger partial charge in [0.2, 0.25) is 0 Å². The number of hydrogen-bond acceptors (Lipinski definition) is 2. The van der Waals surface area contributed by atoms with E-state index in [0.717, 1.165) is 17.6 Å². The number of benzene rings is 1. The van der Waals surface area contributed by atoms with Crippen molar-refractivity contribution >= 4 is 34.6 Å². The third-order valence-corrected chi connectivity index (χ3v) is 3.40. The topological polar surface area (TPSA) is 26.3 Å². The molecule has 1 aromatic carbocycles. The van der Waals surface area contributed by atoms with E-state index in [1.165, 1.54) is 0 Å². The van der Waals surface area contributed by atoms with Gasteiger partial charge in [-0.05, 0) is 18.6 Å². The number of esters is 1. The lowest BCUT2D eigenvalue weighted by atomic mass is 10.1. The van der Waals surface area contributed by atoms with E-state index in [9.17, 15) is 4.79 Å². The van der Waals surface area contributed by atoms with Gasteiger partial charge in [-0.1, -0.05) is 52.9 Å². The van der Waals surface area contributed by atoms with Crippen LogP contribution in [0.5, 0.6) is 0 Å². The molecular formula is C13H13IO2. The van der Waals surface area contributed by atoms with Gasteiger partial charge in [0.1, 0.15) is 6.10 Å². The summed E-state index contributed by atoms with van der Waals surface area (Å²) >= 11 is 2.29. The molecule has 0 amide bonds. The average Bonchev–Trinajstić information content (AvgIpc) is 2.62. The summed E-state index contributed by atoms with van der Waals surface area (Å²) in [7, 11) is 0. The summed E-state index contributed by atoms with van der Waals surface area (Å²) in [4.78, 5) is 11.6. The zero-order valence-corrected chi connectivity index (χ0v) is 11.2. The Morgan fingerprint density at radius 2 is 2.12 bits per heavy atom. The van der Waals surface area contributed by atoms with Crippen molar-refractivity contribution < 1.29 is 9.53 Å². The Labute approximate surface area is 109 Å². The lowest BCUT2D eigenvalue weighted by Crippen LogP contribution is -2.16. The van der Waals surface area contributed by atoms with Crippen molar-refractivity contribution in [3.05, 3.63) is 41.5 Å². The number of halogens is 1. The molecule has 2 rings (SSSR count). The van der Waals surface area contributed by atoms with Crippen molar-refractivity contribution in [3.8, 4) is 0 Å². The number of alkyl halides is 1. The molecular weight excluding hydrogens is 315 g/mol. The molecule has 0 saturated carbocycles. The third kappa shape index (κ3) is 2.64. The number of hydrogen-bond donors (Lipinski definition) is 0. The van der Waals surface area contributed by atoms with Crippen molar-refractivity contribution in [2.75, 3.05) is 0 Å². The molecule has 84 valence electrons. The second kappa shape index (κ2) is 4.99. The number of carbonyl (C=O) groups excluding carboxylic acids is 1. The fourth-order valence-electron chi connectivity index (χ4n) is 1.68. The van der Waals surface area contributed by atoms with Crippen LogP contribution in [0, 0.1) is 0 Å². The molecule has 16 heavy (non-hydrogen) atoms. The minimum absolute atomic E-state index is 0.0306. The SMILES string of the molecule is C[C@H](I)[C@H]1C/C(=C/c2ccccc2)C(=O)O1. The maximum absolute atomic E-state index is 11.6. The Balaban J connectivity index is 2.17. The van der Waals surface area contributed by atoms with Crippen LogP contribution in [0.2, 0.25) is 0 Å². The predicted octanol–water partition coefficient (Wildman–Crippen LogP) is 3.21. The van der Waals surface area contributed by atoms with Crippen LogP contribution < -0.4 is 0 Å². The molecule has 1 aromatic rings. The number of carbonyl (C=O) groups is 1. The second-order valence-electron chi connectivity index (χ2n) is 3.91. The van der Waals surface area contributed by atoms with Crippen molar-refractivity contribution in [1.29, 1.82) is 0 Å². The molecule has 0 N–H and O–H groups in total. The molecule has 0 unspecified atom stereocenters. The van der Waals surface area contributed by atoms with Crippen LogP contribution in [0.4, 0.5) is 0 Å². The van der Waals surface area contributed by atoms with Crippen molar-refractivity contribution in [2.24, 2.45) is 0 Å². The van der Waals surface area contributed by atoms with E-state index in [1.807, 2.05) is 36.4 Å². The highest BCUT2D eigenvalue weighted by atomic mass is 127. The quantitative estimate of drug-likeness (QED) is 0.361. The first-order valence-corrected chi connectivity index (χ1v) is 6.52. The summed E-state index contributed by atoms with van der Waals surface area (Å²) in [5.41, 5.74) is 1.83. The van der Waals surface area contributed by atoms with Crippen molar-refractivity contribution in [3.63, 3.8) is 0 Å². The molecule has 0 aromatic heterocycles. The fourth-order valence-corrected chi connectivity index (χ4v) is 2.08. The van der Waals surface area contributed by atoms with Gasteiger partial charge in [0.15, 0.2) is 0 Å². The van der Waals surface area contributed by atoms with Crippen LogP contribution in [0.25, 0.3) is 6.08 Å². The molecule has 1 aliphatic rings. The van der Waals surface area contributed by atoms with Crippen LogP contribution in [0.3, 0.4) is 0 Å². The summed E-state index contributed by atoms with van der Waals surface area (Å²) < 4.78 is 5.64. The first kappa shape index (κ1) is 11.6. The van der Waals surface area contributed by atoms with Gasteiger partial charge in [-0.2, -0.15) is 0 Å². The lowest BCUT2D eigenvalue weighted by molar-refractivity contribution is -0.138. The highest BCUT2D eigenvalue weighted by Gasteiger charge is 2.31. The highest BCUT2D eigenvalue weighted by Crippen LogP contribution is 2.27. The first-order valence-electron chi connectivity index (χ1n) is 5.27. The van der Waals surface area contributed by atoms with E-state index in [0.29, 0.717) is 3.92 Å². The molecule has 0 aliphatic carbocycles. The summed E-state index contributed by atoms with van der Waals surface area (Å²) in [6.45, 7) is 2.06. The standard InChI is InChI=1S/C13H13IO2/c1-9(14)12-8-11(13(15)16-12)7-10-5-3-2-4-6-10/h2-7,9,12H,8H2,1H3/b11-7-/t9-,12+/m0/s1. The van der Waals surface area contributed by atoms with E-state index >= 15 is 0 Å². The van der Waals surface area contributed by atoms with Crippen LogP contribution >= 0.6 is 22.6 Å². The van der Waals surface area contributed by atoms with Crippen molar-refractivity contribution in [2.45, 2.75) is 23.4 Å². The smallest absolute Gasteiger partial charge is 0.334 e. The number of cyclic esters (lactones) is 1. The molecule has 0 radical (unpaired) electrons. The molecule has 2 atom stereocenters. The molecule has 3 heteroatoms. The molecule has 1 fully saturated rings. The molecule has 1 aliphatic heterocycles. The Hall–Kier alpha value is -0.840. The van der Waals surface area contributed by atoms with Gasteiger partial charge in [0.05, 0.1) is 0 Å². The van der Waals surface area contributed by atoms with E-state index in [1.54, 1.807) is 0 Å². The van der Waals surface area contributed by atoms with Crippen LogP contribution in [0.1, 0.15) is 18.9 Å². The lowest BCUT2D eigenvalue weighted by Gasteiger charge is -2.09. The van der Waals surface area contributed by atoms with Crippen LogP contribution in [0.15, 0.2) is 35.9 Å². The van der Waals surface area contributed by atoms with E-state index in [-0.39, 0.29) is 12.1 Å². The minimum atomic E-state index is -0.169. The van der Waals surface area contributed by atoms with Crippen LogP contribution in [-0.2, 0) is 9.53 Å². The van der Waals surface area contributed by atoms with Gasteiger partial charge in [-0.25, -0.2) is 4.79 Å². The molecule has 2 nitrogen and oxygen atoms in total. The Bertz CT molecular complexity index is 409. The largest absolute Gasteiger partial charge is 0.458 e. The van der Waals surface area contributed by atoms with Gasteiger partial charge >= 0.3 is 5.97 Å². The summed E-state index contributed by atoms with van der Waals surface area (Å²) in [5.74, 6) is -0.169. The van der Waals surface area contributed by atoms with Gasteiger partial charge in [0, 0.05) is 15.9 Å². The maximum atomic E-state index is 11.6. The zero-order valence-electron chi connectivity index (χ0n) is 9.02. The Kier molecular flexibility index (Phi) is 3.63. The molecule has 1 heterocycles. The van der Waals surface area contributed by atoms with Gasteiger partial charge in [-0.3, -0.25) is 0 Å². The van der Waals surface area contributed by atoms with E-state index in [2.05, 4.69) is 29.5 Å². The zero-order chi connectivity index (χ0) is 11.5. The van der Waals surface area contributed by atoms with Gasteiger partial charge in [0.25, 0.3) is 0 Å². The minimum Gasteiger partial charge on any atom is -0.458 e. The summed E-state index contributed by atoms with van der Waals surface area (Å²) in [6.07, 6.45) is 2.67. The first-order chi connectivity index (χ1) is 7.66. The number of ether oxygens (including phenoxy) is 1. The Morgan fingerprint density at radius 3 is 2.69 bits per heavy atom. The van der Waals surface area contributed by atoms with Crippen molar-refractivity contribution in [1.82, 2.24) is 0 Å². The second-order valence-corrected chi connectivity index (χ2v) is 5.87. The van der Waals surface area contributed by atoms with Gasteiger partial charge in [-0.15, -0.1) is 0 Å². The van der Waals surface area contributed by atoms with E-state index < -0.39 is 0 Å². The molecule has 0 bridgehead atoms. The predicted molar refractivity (Wildman–Crippen MR) is 72.4 cm³/mol. The third-order valence-electron chi connectivity index (χ3n) is 2.59. The van der Waals surface area contributed by atoms with E-state index in [4.69, 9.17) is 4.74 Å². The molecule has 1 saturated heterocycles. The normalized spacial score (nSPS) is 24.5. The number of rotatable bonds is 2. The molecule has 0 spiro atoms. The average molecular weight is 328 g/mol. The van der Waals surface area contributed by atoms with Gasteiger partial charge < -0.3 is 4.74 Å².